The normalized spacial score (nSPS) is 15.2. The number of aromatic nitrogens is 2. The lowest BCUT2D eigenvalue weighted by Gasteiger charge is -2.29. The predicted molar refractivity (Wildman–Crippen MR) is 157 cm³/mol. The highest BCUT2D eigenvalue weighted by molar-refractivity contribution is 6.12. The van der Waals surface area contributed by atoms with Crippen LogP contribution in [0.15, 0.2) is 60.9 Å². The number of methoxy groups -OCH3 is 1. The molecule has 216 valence electrons. The Morgan fingerprint density at radius 3 is 2.48 bits per heavy atom. The lowest BCUT2D eigenvalue weighted by Crippen LogP contribution is -2.34. The molecule has 1 saturated heterocycles. The largest absolute Gasteiger partial charge is 0.495 e. The van der Waals surface area contributed by atoms with E-state index in [-0.39, 0.29) is 29.0 Å². The first-order valence-corrected chi connectivity index (χ1v) is 13.2. The summed E-state index contributed by atoms with van der Waals surface area (Å²) in [6, 6.07) is 12.3. The van der Waals surface area contributed by atoms with E-state index >= 15 is 0 Å². The lowest BCUT2D eigenvalue weighted by molar-refractivity contribution is -0.137. The van der Waals surface area contributed by atoms with Gasteiger partial charge in [0.2, 0.25) is 5.95 Å². The molecule has 0 bridgehead atoms. The van der Waals surface area contributed by atoms with Crippen molar-refractivity contribution in [1.82, 2.24) is 14.9 Å². The summed E-state index contributed by atoms with van der Waals surface area (Å²) in [7, 11) is 5.26. The molecule has 0 spiro atoms. The average molecular weight is 575 g/mol. The molecule has 3 aromatic carbocycles. The zero-order chi connectivity index (χ0) is 30.0. The Balaban J connectivity index is 1.58. The van der Waals surface area contributed by atoms with E-state index in [4.69, 9.17) is 10.5 Å². The lowest BCUT2D eigenvalue weighted by atomic mass is 9.98. The molecule has 0 saturated carbocycles. The van der Waals surface area contributed by atoms with Gasteiger partial charge in [-0.2, -0.15) is 13.2 Å². The number of carbonyl (C=O) groups excluding carboxylic acids is 1. The van der Waals surface area contributed by atoms with E-state index in [1.807, 2.05) is 31.1 Å². The van der Waals surface area contributed by atoms with Crippen molar-refractivity contribution in [1.29, 1.82) is 0 Å². The number of carbonyl (C=O) groups is 1. The number of alkyl halides is 3. The Bertz CT molecular complexity index is 1700. The second-order valence-electron chi connectivity index (χ2n) is 10.1. The summed E-state index contributed by atoms with van der Waals surface area (Å²) < 4.78 is 46.8. The van der Waals surface area contributed by atoms with Gasteiger partial charge in [-0.05, 0) is 44.3 Å². The van der Waals surface area contributed by atoms with Crippen molar-refractivity contribution in [3.05, 3.63) is 83.2 Å². The van der Waals surface area contributed by atoms with Gasteiger partial charge in [0.15, 0.2) is 0 Å². The second-order valence-corrected chi connectivity index (χ2v) is 10.1. The Morgan fingerprint density at radius 1 is 1.12 bits per heavy atom. The van der Waals surface area contributed by atoms with Crippen LogP contribution in [-0.4, -0.2) is 61.1 Å². The fraction of sp³-hybridized carbons (Fsp3) is 0.258. The summed E-state index contributed by atoms with van der Waals surface area (Å²) in [4.78, 5) is 25.8. The number of rotatable bonds is 5. The van der Waals surface area contributed by atoms with Crippen LogP contribution >= 0.6 is 0 Å². The fourth-order valence-electron chi connectivity index (χ4n) is 5.12. The van der Waals surface area contributed by atoms with Crippen LogP contribution in [0.4, 0.5) is 30.5 Å². The number of hydrogen-bond acceptors (Lipinski definition) is 7. The maximum atomic E-state index is 13.8. The molecule has 1 aliphatic heterocycles. The Morgan fingerprint density at radius 2 is 1.83 bits per heavy atom. The minimum Gasteiger partial charge on any atom is -0.495 e. The molecule has 8 nitrogen and oxygen atoms in total. The van der Waals surface area contributed by atoms with Gasteiger partial charge in [0.05, 0.1) is 35.2 Å². The van der Waals surface area contributed by atoms with Crippen LogP contribution in [0, 0.1) is 11.8 Å². The van der Waals surface area contributed by atoms with E-state index in [1.165, 1.54) is 25.6 Å². The second kappa shape index (κ2) is 11.6. The molecule has 4 aromatic rings. The highest BCUT2D eigenvalue weighted by Crippen LogP contribution is 2.38. The van der Waals surface area contributed by atoms with Crippen LogP contribution in [0.1, 0.15) is 33.5 Å². The van der Waals surface area contributed by atoms with Crippen molar-refractivity contribution < 1.29 is 22.7 Å². The van der Waals surface area contributed by atoms with E-state index in [1.54, 1.807) is 18.2 Å². The Kier molecular flexibility index (Phi) is 7.91. The molecule has 5 rings (SSSR count). The van der Waals surface area contributed by atoms with Crippen molar-refractivity contribution in [3.63, 3.8) is 0 Å². The van der Waals surface area contributed by atoms with Crippen LogP contribution in [0.5, 0.6) is 5.75 Å². The summed E-state index contributed by atoms with van der Waals surface area (Å²) in [6.45, 7) is 1.63. The Labute approximate surface area is 241 Å². The van der Waals surface area contributed by atoms with E-state index in [0.717, 1.165) is 37.0 Å². The van der Waals surface area contributed by atoms with Crippen LogP contribution in [0.25, 0.3) is 10.8 Å². The number of anilines is 3. The molecule has 0 aliphatic carbocycles. The maximum absolute atomic E-state index is 13.8. The van der Waals surface area contributed by atoms with Gasteiger partial charge in [0.1, 0.15) is 5.75 Å². The van der Waals surface area contributed by atoms with Crippen molar-refractivity contribution in [3.8, 4) is 17.6 Å². The first kappa shape index (κ1) is 28.7. The van der Waals surface area contributed by atoms with Crippen LogP contribution in [0.2, 0.25) is 0 Å². The standard InChI is InChI=1S/C31H29F3N6O2/c1-39-13-12-22(18-39)40(2)27-11-10-21(31(32,33)34)15-26(27)38-29(41)25-14-20(9-8-19-16-36-30(35)37-17-19)23-6-4-5-7-24(23)28(25)42-3/h4-7,10-11,14-17,22H,12-13,18H2,1-3H3,(H,38,41)(H2,35,36,37)/t22-/m1/s1. The van der Waals surface area contributed by atoms with Gasteiger partial charge >= 0.3 is 6.18 Å². The highest BCUT2D eigenvalue weighted by Gasteiger charge is 2.33. The summed E-state index contributed by atoms with van der Waals surface area (Å²) in [5.41, 5.74) is 6.40. The van der Waals surface area contributed by atoms with E-state index in [2.05, 4.69) is 32.0 Å². The van der Waals surface area contributed by atoms with Crippen molar-refractivity contribution in [2.45, 2.75) is 18.6 Å². The third-order valence-corrected chi connectivity index (χ3v) is 7.32. The number of likely N-dealkylation sites (N-methyl/N-ethyl adjacent to an activating group) is 2. The number of ether oxygens (including phenoxy) is 1. The van der Waals surface area contributed by atoms with Crippen molar-refractivity contribution in [2.24, 2.45) is 0 Å². The van der Waals surface area contributed by atoms with E-state index in [0.29, 0.717) is 22.2 Å². The number of nitrogens with two attached hydrogens (primary N) is 1. The zero-order valence-corrected chi connectivity index (χ0v) is 23.3. The summed E-state index contributed by atoms with van der Waals surface area (Å²) in [5, 5.41) is 4.11. The number of benzene rings is 3. The SMILES string of the molecule is COc1c(C(=O)Nc2cc(C(F)(F)F)ccc2N(C)[C@@H]2CCN(C)C2)cc(C#Cc2cnc(N)nc2)c2ccccc12. The van der Waals surface area contributed by atoms with Gasteiger partial charge in [-0.1, -0.05) is 36.1 Å². The molecule has 1 fully saturated rings. The number of nitrogens with one attached hydrogen (secondary N) is 1. The number of amides is 1. The topological polar surface area (TPSA) is 96.6 Å². The van der Waals surface area contributed by atoms with Gasteiger partial charge in [0, 0.05) is 48.4 Å². The number of nitrogens with zero attached hydrogens (tertiary/aromatic N) is 4. The molecule has 2 heterocycles. The number of likely N-dealkylation sites (tertiary alicyclic amines) is 1. The number of fused-ring (bicyclic) bond motifs is 1. The third kappa shape index (κ3) is 5.94. The van der Waals surface area contributed by atoms with Crippen molar-refractivity contribution >= 4 is 34.0 Å². The molecule has 42 heavy (non-hydrogen) atoms. The van der Waals surface area contributed by atoms with Crippen LogP contribution < -0.4 is 20.7 Å². The van der Waals surface area contributed by atoms with Gasteiger partial charge < -0.3 is 25.6 Å². The van der Waals surface area contributed by atoms with E-state index < -0.39 is 17.6 Å². The number of hydrogen-bond donors (Lipinski definition) is 2. The minimum absolute atomic E-state index is 0.0498. The average Bonchev–Trinajstić information content (AvgIpc) is 3.41. The van der Waals surface area contributed by atoms with E-state index in [9.17, 15) is 18.0 Å². The summed E-state index contributed by atoms with van der Waals surface area (Å²) >= 11 is 0. The molecular weight excluding hydrogens is 545 g/mol. The quantitative estimate of drug-likeness (QED) is 0.323. The molecule has 3 N–H and O–H groups in total. The van der Waals surface area contributed by atoms with Gasteiger partial charge in [-0.3, -0.25) is 4.79 Å². The molecule has 1 aliphatic rings. The maximum Gasteiger partial charge on any atom is 0.416 e. The monoisotopic (exact) mass is 574 g/mol. The minimum atomic E-state index is -4.58. The molecule has 0 unspecified atom stereocenters. The van der Waals surface area contributed by atoms with Crippen LogP contribution in [-0.2, 0) is 6.18 Å². The fourth-order valence-corrected chi connectivity index (χ4v) is 5.12. The van der Waals surface area contributed by atoms with Gasteiger partial charge in [0.25, 0.3) is 5.91 Å². The number of halogens is 3. The smallest absolute Gasteiger partial charge is 0.416 e. The first-order chi connectivity index (χ1) is 20.0. The molecule has 11 heteroatoms. The first-order valence-electron chi connectivity index (χ1n) is 13.2. The summed E-state index contributed by atoms with van der Waals surface area (Å²) in [6.07, 6.45) is -0.759. The molecule has 1 atom stereocenters. The molecule has 1 aromatic heterocycles. The van der Waals surface area contributed by atoms with Gasteiger partial charge in [-0.15, -0.1) is 0 Å². The number of nitrogen functional groups attached to an aromatic ring is 1. The highest BCUT2D eigenvalue weighted by atomic mass is 19.4. The molecule has 0 radical (unpaired) electrons. The zero-order valence-electron chi connectivity index (χ0n) is 23.3. The molecule has 1 amide bonds. The Hall–Kier alpha value is -4.82. The van der Waals surface area contributed by atoms with Crippen LogP contribution in [0.3, 0.4) is 0 Å². The summed E-state index contributed by atoms with van der Waals surface area (Å²) in [5.74, 6) is 5.81. The van der Waals surface area contributed by atoms with Crippen molar-refractivity contribution in [2.75, 3.05) is 50.2 Å². The molecular formula is C31H29F3N6O2. The predicted octanol–water partition coefficient (Wildman–Crippen LogP) is 5.03. The van der Waals surface area contributed by atoms with Gasteiger partial charge in [-0.25, -0.2) is 9.97 Å². The third-order valence-electron chi connectivity index (χ3n) is 7.32.